The molecule has 1 aromatic carbocycles. The Bertz CT molecular complexity index is 664. The smallest absolute Gasteiger partial charge is 0.246 e. The van der Waals surface area contributed by atoms with Gasteiger partial charge in [0.2, 0.25) is 11.8 Å². The summed E-state index contributed by atoms with van der Waals surface area (Å²) >= 11 is 1.45. The van der Waals surface area contributed by atoms with Crippen LogP contribution < -0.4 is 10.6 Å². The lowest BCUT2D eigenvalue weighted by Gasteiger charge is -2.36. The molecule has 148 valence electrons. The molecule has 0 aromatic heterocycles. The number of amides is 2. The van der Waals surface area contributed by atoms with Gasteiger partial charge in [0.15, 0.2) is 0 Å². The van der Waals surface area contributed by atoms with Gasteiger partial charge in [0.1, 0.15) is 11.9 Å². The first-order valence-corrected chi connectivity index (χ1v) is 10.8. The van der Waals surface area contributed by atoms with E-state index in [0.29, 0.717) is 23.7 Å². The minimum absolute atomic E-state index is 0.0158. The molecule has 0 spiro atoms. The number of hydrogen-bond acceptors (Lipinski definition) is 4. The van der Waals surface area contributed by atoms with Gasteiger partial charge in [-0.1, -0.05) is 25.1 Å². The van der Waals surface area contributed by atoms with Gasteiger partial charge in [0.25, 0.3) is 0 Å². The number of hydrogen-bond donors (Lipinski definition) is 2. The summed E-state index contributed by atoms with van der Waals surface area (Å²) in [6.45, 7) is 5.58. The molecule has 2 atom stereocenters. The van der Waals surface area contributed by atoms with Crippen molar-refractivity contribution in [2.24, 2.45) is 5.92 Å². The number of carbonyl (C=O) groups is 2. The van der Waals surface area contributed by atoms with E-state index in [9.17, 15) is 14.0 Å². The molecule has 0 saturated carbocycles. The first-order valence-electron chi connectivity index (χ1n) is 9.73. The number of piperidine rings is 1. The summed E-state index contributed by atoms with van der Waals surface area (Å²) in [5.41, 5.74) is 0.540. The van der Waals surface area contributed by atoms with Gasteiger partial charge in [-0.2, -0.15) is 0 Å². The van der Waals surface area contributed by atoms with Crippen LogP contribution in [0.15, 0.2) is 24.3 Å². The first-order chi connectivity index (χ1) is 13.1. The second kappa shape index (κ2) is 9.55. The number of carbonyl (C=O) groups excluding carboxylic acids is 2. The van der Waals surface area contributed by atoms with Crippen molar-refractivity contribution in [3.63, 3.8) is 0 Å². The molecule has 0 bridgehead atoms. The second-order valence-corrected chi connectivity index (χ2v) is 8.49. The van der Waals surface area contributed by atoms with E-state index in [0.717, 1.165) is 39.0 Å². The van der Waals surface area contributed by atoms with Crippen LogP contribution in [0.4, 0.5) is 4.39 Å². The Labute approximate surface area is 164 Å². The van der Waals surface area contributed by atoms with E-state index in [-0.39, 0.29) is 22.9 Å². The Morgan fingerprint density at radius 3 is 2.74 bits per heavy atom. The number of nitrogens with one attached hydrogen (secondary N) is 2. The number of likely N-dealkylation sites (tertiary alicyclic amines) is 1. The SMILES string of the molecule is CCNCC1CCN(C(=O)C2CSC(Cc3ccccc3F)C(=O)N2)CC1. The van der Waals surface area contributed by atoms with Gasteiger partial charge in [-0.3, -0.25) is 9.59 Å². The lowest BCUT2D eigenvalue weighted by Crippen LogP contribution is -2.56. The molecule has 2 aliphatic rings. The van der Waals surface area contributed by atoms with E-state index in [1.165, 1.54) is 17.8 Å². The minimum Gasteiger partial charge on any atom is -0.343 e. The molecule has 2 fully saturated rings. The van der Waals surface area contributed by atoms with Gasteiger partial charge >= 0.3 is 0 Å². The highest BCUT2D eigenvalue weighted by atomic mass is 32.2. The highest BCUT2D eigenvalue weighted by Crippen LogP contribution is 2.25. The van der Waals surface area contributed by atoms with Gasteiger partial charge in [0.05, 0.1) is 5.25 Å². The lowest BCUT2D eigenvalue weighted by molar-refractivity contribution is -0.137. The summed E-state index contributed by atoms with van der Waals surface area (Å²) in [4.78, 5) is 27.1. The highest BCUT2D eigenvalue weighted by molar-refractivity contribution is 8.00. The van der Waals surface area contributed by atoms with Crippen LogP contribution in [0, 0.1) is 11.7 Å². The van der Waals surface area contributed by atoms with Crippen LogP contribution in [0.3, 0.4) is 0 Å². The quantitative estimate of drug-likeness (QED) is 0.774. The molecule has 2 aliphatic heterocycles. The first kappa shape index (κ1) is 20.1. The molecule has 27 heavy (non-hydrogen) atoms. The number of halogens is 1. The molecular formula is C20H28FN3O2S. The van der Waals surface area contributed by atoms with Crippen LogP contribution in [0.5, 0.6) is 0 Å². The number of nitrogens with zero attached hydrogens (tertiary/aromatic N) is 1. The predicted molar refractivity (Wildman–Crippen MR) is 106 cm³/mol. The van der Waals surface area contributed by atoms with E-state index in [2.05, 4.69) is 17.6 Å². The second-order valence-electron chi connectivity index (χ2n) is 7.26. The van der Waals surface area contributed by atoms with Gasteiger partial charge in [-0.25, -0.2) is 4.39 Å². The van der Waals surface area contributed by atoms with Crippen molar-refractivity contribution in [2.75, 3.05) is 31.9 Å². The number of thioether (sulfide) groups is 1. The van der Waals surface area contributed by atoms with Gasteiger partial charge in [-0.15, -0.1) is 11.8 Å². The van der Waals surface area contributed by atoms with Crippen molar-refractivity contribution < 1.29 is 14.0 Å². The fourth-order valence-electron chi connectivity index (χ4n) is 3.67. The molecule has 2 N–H and O–H groups in total. The van der Waals surface area contributed by atoms with Crippen molar-refractivity contribution in [1.29, 1.82) is 0 Å². The largest absolute Gasteiger partial charge is 0.343 e. The summed E-state index contributed by atoms with van der Waals surface area (Å²) in [6, 6.07) is 6.06. The standard InChI is InChI=1S/C20H28FN3O2S/c1-2-22-12-14-7-9-24(10-8-14)20(26)17-13-27-18(19(25)23-17)11-15-5-3-4-6-16(15)21/h3-6,14,17-18,22H,2,7-13H2,1H3,(H,23,25). The molecule has 5 nitrogen and oxygen atoms in total. The van der Waals surface area contributed by atoms with Crippen LogP contribution in [0.2, 0.25) is 0 Å². The molecule has 2 heterocycles. The molecule has 1 aromatic rings. The van der Waals surface area contributed by atoms with Crippen LogP contribution in [-0.4, -0.2) is 59.9 Å². The molecule has 7 heteroatoms. The number of benzene rings is 1. The maximum atomic E-state index is 13.8. The summed E-state index contributed by atoms with van der Waals surface area (Å²) in [7, 11) is 0. The third-order valence-corrected chi connectivity index (χ3v) is 6.65. The third kappa shape index (κ3) is 5.23. The van der Waals surface area contributed by atoms with Crippen molar-refractivity contribution in [3.8, 4) is 0 Å². The van der Waals surface area contributed by atoms with Gasteiger partial charge < -0.3 is 15.5 Å². The van der Waals surface area contributed by atoms with Crippen LogP contribution >= 0.6 is 11.8 Å². The zero-order valence-corrected chi connectivity index (χ0v) is 16.6. The molecule has 0 aliphatic carbocycles. The summed E-state index contributed by atoms with van der Waals surface area (Å²) in [6.07, 6.45) is 2.35. The average molecular weight is 394 g/mol. The van der Waals surface area contributed by atoms with Gasteiger partial charge in [-0.05, 0) is 49.9 Å². The van der Waals surface area contributed by atoms with E-state index < -0.39 is 6.04 Å². The van der Waals surface area contributed by atoms with Crippen molar-refractivity contribution in [1.82, 2.24) is 15.5 Å². The molecule has 0 radical (unpaired) electrons. The molecule has 2 unspecified atom stereocenters. The molecule has 2 saturated heterocycles. The fourth-order valence-corrected chi connectivity index (χ4v) is 4.84. The maximum absolute atomic E-state index is 13.8. The Hall–Kier alpha value is -1.60. The van der Waals surface area contributed by atoms with Crippen LogP contribution in [-0.2, 0) is 16.0 Å². The Balaban J connectivity index is 1.48. The van der Waals surface area contributed by atoms with Crippen molar-refractivity contribution in [2.45, 2.75) is 37.5 Å². The van der Waals surface area contributed by atoms with E-state index in [1.54, 1.807) is 18.2 Å². The highest BCUT2D eigenvalue weighted by Gasteiger charge is 2.35. The summed E-state index contributed by atoms with van der Waals surface area (Å²) in [5, 5.41) is 5.88. The Kier molecular flexibility index (Phi) is 7.13. The monoisotopic (exact) mass is 393 g/mol. The van der Waals surface area contributed by atoms with Crippen molar-refractivity contribution in [3.05, 3.63) is 35.6 Å². The van der Waals surface area contributed by atoms with E-state index in [1.807, 2.05) is 4.90 Å². The molecule has 2 amide bonds. The zero-order chi connectivity index (χ0) is 19.2. The summed E-state index contributed by atoms with van der Waals surface area (Å²) < 4.78 is 13.8. The average Bonchev–Trinajstić information content (AvgIpc) is 2.69. The maximum Gasteiger partial charge on any atom is 0.246 e. The number of rotatable bonds is 6. The van der Waals surface area contributed by atoms with Crippen molar-refractivity contribution >= 4 is 23.6 Å². The molecule has 3 rings (SSSR count). The van der Waals surface area contributed by atoms with Gasteiger partial charge in [0, 0.05) is 18.8 Å². The predicted octanol–water partition coefficient (Wildman–Crippen LogP) is 1.82. The van der Waals surface area contributed by atoms with E-state index in [4.69, 9.17) is 0 Å². The third-order valence-electron chi connectivity index (χ3n) is 5.34. The lowest BCUT2D eigenvalue weighted by atomic mass is 9.96. The molecular weight excluding hydrogens is 365 g/mol. The van der Waals surface area contributed by atoms with E-state index >= 15 is 0 Å². The zero-order valence-electron chi connectivity index (χ0n) is 15.7. The van der Waals surface area contributed by atoms with Crippen LogP contribution in [0.1, 0.15) is 25.3 Å². The summed E-state index contributed by atoms with van der Waals surface area (Å²) in [5.74, 6) is 0.720. The minimum atomic E-state index is -0.468. The fraction of sp³-hybridized carbons (Fsp3) is 0.600. The normalized spacial score (nSPS) is 23.9. The Morgan fingerprint density at radius 2 is 2.07 bits per heavy atom. The topological polar surface area (TPSA) is 61.4 Å². The Morgan fingerprint density at radius 1 is 1.33 bits per heavy atom. The van der Waals surface area contributed by atoms with Crippen LogP contribution in [0.25, 0.3) is 0 Å².